The van der Waals surface area contributed by atoms with Crippen molar-refractivity contribution in [1.29, 1.82) is 0 Å². The van der Waals surface area contributed by atoms with Crippen molar-refractivity contribution in [1.82, 2.24) is 20.4 Å². The third kappa shape index (κ3) is 5.37. The minimum absolute atomic E-state index is 0.0241. The summed E-state index contributed by atoms with van der Waals surface area (Å²) in [5.41, 5.74) is 1.56. The smallest absolute Gasteiger partial charge is 0.191 e. The molecule has 2 aromatic rings. The van der Waals surface area contributed by atoms with Gasteiger partial charge in [-0.15, -0.1) is 0 Å². The summed E-state index contributed by atoms with van der Waals surface area (Å²) in [6.07, 6.45) is 4.63. The second kappa shape index (κ2) is 9.05. The van der Waals surface area contributed by atoms with Crippen LogP contribution in [0.3, 0.4) is 0 Å². The number of aromatic nitrogens is 2. The molecule has 1 atom stereocenters. The maximum atomic E-state index is 13.7. The van der Waals surface area contributed by atoms with E-state index in [-0.39, 0.29) is 11.9 Å². The van der Waals surface area contributed by atoms with Crippen molar-refractivity contribution in [2.75, 3.05) is 13.1 Å². The number of benzene rings is 1. The third-order valence-electron chi connectivity index (χ3n) is 3.77. The lowest BCUT2D eigenvalue weighted by atomic mass is 10.1. The monoisotopic (exact) mass is 331 g/mol. The average molecular weight is 331 g/mol. The highest BCUT2D eigenvalue weighted by molar-refractivity contribution is 5.80. The molecule has 1 aromatic carbocycles. The van der Waals surface area contributed by atoms with Crippen molar-refractivity contribution in [2.24, 2.45) is 4.99 Å². The average Bonchev–Trinajstić information content (AvgIpc) is 3.07. The molecule has 0 bridgehead atoms. The largest absolute Gasteiger partial charge is 0.357 e. The highest BCUT2D eigenvalue weighted by Crippen LogP contribution is 2.16. The van der Waals surface area contributed by atoms with Gasteiger partial charge in [-0.05, 0) is 50.5 Å². The highest BCUT2D eigenvalue weighted by Gasteiger charge is 2.09. The maximum Gasteiger partial charge on any atom is 0.191 e. The molecule has 1 heterocycles. The fourth-order valence-electron chi connectivity index (χ4n) is 2.34. The summed E-state index contributed by atoms with van der Waals surface area (Å²) in [6.45, 7) is 8.11. The van der Waals surface area contributed by atoms with Crippen molar-refractivity contribution in [3.8, 4) is 0 Å². The molecular formula is C18H26FN5. The highest BCUT2D eigenvalue weighted by atomic mass is 19.1. The number of hydrogen-bond donors (Lipinski definition) is 2. The first-order valence-corrected chi connectivity index (χ1v) is 8.38. The Kier molecular flexibility index (Phi) is 6.78. The van der Waals surface area contributed by atoms with Crippen LogP contribution in [0.4, 0.5) is 4.39 Å². The zero-order valence-electron chi connectivity index (χ0n) is 14.6. The van der Waals surface area contributed by atoms with Crippen LogP contribution in [0.15, 0.2) is 41.7 Å². The van der Waals surface area contributed by atoms with Crippen molar-refractivity contribution in [3.63, 3.8) is 0 Å². The molecule has 1 unspecified atom stereocenters. The van der Waals surface area contributed by atoms with Gasteiger partial charge in [-0.25, -0.2) is 4.39 Å². The predicted octanol–water partition coefficient (Wildman–Crippen LogP) is 3.04. The number of halogens is 1. The van der Waals surface area contributed by atoms with Crippen LogP contribution in [-0.2, 0) is 6.54 Å². The Bertz CT molecular complexity index is 651. The van der Waals surface area contributed by atoms with Crippen molar-refractivity contribution >= 4 is 5.96 Å². The van der Waals surface area contributed by atoms with Crippen LogP contribution in [-0.4, -0.2) is 28.8 Å². The number of hydrogen-bond acceptors (Lipinski definition) is 2. The third-order valence-corrected chi connectivity index (χ3v) is 3.77. The van der Waals surface area contributed by atoms with Gasteiger partial charge in [0, 0.05) is 32.0 Å². The summed E-state index contributed by atoms with van der Waals surface area (Å²) in [7, 11) is 0. The summed E-state index contributed by atoms with van der Waals surface area (Å²) >= 11 is 0. The lowest BCUT2D eigenvalue weighted by Crippen LogP contribution is -2.38. The van der Waals surface area contributed by atoms with Gasteiger partial charge in [0.25, 0.3) is 0 Å². The first-order chi connectivity index (χ1) is 11.6. The Hall–Kier alpha value is -2.37. The zero-order chi connectivity index (χ0) is 17.4. The van der Waals surface area contributed by atoms with Crippen molar-refractivity contribution < 1.29 is 4.39 Å². The summed E-state index contributed by atoms with van der Waals surface area (Å²) in [6, 6.07) is 7.21. The molecule has 0 fully saturated rings. The van der Waals surface area contributed by atoms with E-state index < -0.39 is 0 Å². The second-order valence-electron chi connectivity index (χ2n) is 5.76. The first kappa shape index (κ1) is 18.0. The molecule has 2 rings (SSSR count). The lowest BCUT2D eigenvalue weighted by Gasteiger charge is -2.18. The zero-order valence-corrected chi connectivity index (χ0v) is 14.6. The van der Waals surface area contributed by atoms with E-state index in [1.54, 1.807) is 25.3 Å². The van der Waals surface area contributed by atoms with Gasteiger partial charge < -0.3 is 10.6 Å². The summed E-state index contributed by atoms with van der Waals surface area (Å²) < 4.78 is 15.6. The minimum Gasteiger partial charge on any atom is -0.357 e. The summed E-state index contributed by atoms with van der Waals surface area (Å²) in [5.74, 6) is 0.564. The molecule has 0 saturated heterocycles. The summed E-state index contributed by atoms with van der Waals surface area (Å²) in [4.78, 5) is 4.58. The van der Waals surface area contributed by atoms with Gasteiger partial charge in [-0.2, -0.15) is 5.10 Å². The molecule has 0 spiro atoms. The molecule has 0 aliphatic heterocycles. The van der Waals surface area contributed by atoms with Crippen LogP contribution in [0.1, 0.15) is 37.4 Å². The molecule has 1 aromatic heterocycles. The SMILES string of the molecule is CCNC(=NCCCn1cccn1)NC(C)c1ccc(C)c(F)c1. The molecule has 0 aliphatic carbocycles. The standard InChI is InChI=1S/C18H26FN5/c1-4-20-18(21-9-5-11-24-12-6-10-22-24)23-15(3)16-8-7-14(2)17(19)13-16/h6-8,10,12-13,15H,4-5,9,11H2,1-3H3,(H2,20,21,23). The Morgan fingerprint density at radius 2 is 2.25 bits per heavy atom. The van der Waals surface area contributed by atoms with Crippen LogP contribution in [0, 0.1) is 12.7 Å². The van der Waals surface area contributed by atoms with Gasteiger partial charge in [-0.3, -0.25) is 9.67 Å². The topological polar surface area (TPSA) is 54.2 Å². The fraction of sp³-hybridized carbons (Fsp3) is 0.444. The van der Waals surface area contributed by atoms with Crippen LogP contribution in [0.25, 0.3) is 0 Å². The first-order valence-electron chi connectivity index (χ1n) is 8.38. The van der Waals surface area contributed by atoms with Gasteiger partial charge in [0.05, 0.1) is 6.04 Å². The van der Waals surface area contributed by atoms with Crippen LogP contribution >= 0.6 is 0 Å². The normalized spacial score (nSPS) is 12.9. The molecular weight excluding hydrogens is 305 g/mol. The van der Waals surface area contributed by atoms with Gasteiger partial charge in [0.1, 0.15) is 5.82 Å². The molecule has 0 amide bonds. The maximum absolute atomic E-state index is 13.7. The number of nitrogens with zero attached hydrogens (tertiary/aromatic N) is 3. The van der Waals surface area contributed by atoms with E-state index in [0.717, 1.165) is 31.0 Å². The van der Waals surface area contributed by atoms with E-state index in [0.29, 0.717) is 12.1 Å². The van der Waals surface area contributed by atoms with Crippen LogP contribution in [0.5, 0.6) is 0 Å². The Morgan fingerprint density at radius 1 is 1.42 bits per heavy atom. The second-order valence-corrected chi connectivity index (χ2v) is 5.76. The number of nitrogens with one attached hydrogen (secondary N) is 2. The van der Waals surface area contributed by atoms with E-state index in [1.165, 1.54) is 0 Å². The molecule has 6 heteroatoms. The lowest BCUT2D eigenvalue weighted by molar-refractivity contribution is 0.582. The van der Waals surface area contributed by atoms with E-state index in [1.807, 2.05) is 36.9 Å². The van der Waals surface area contributed by atoms with E-state index in [4.69, 9.17) is 0 Å². The van der Waals surface area contributed by atoms with Gasteiger partial charge >= 0.3 is 0 Å². The number of rotatable bonds is 7. The van der Waals surface area contributed by atoms with E-state index in [2.05, 4.69) is 20.7 Å². The number of aliphatic imine (C=N–C) groups is 1. The van der Waals surface area contributed by atoms with Crippen molar-refractivity contribution in [2.45, 2.75) is 39.8 Å². The minimum atomic E-state index is -0.178. The molecule has 0 saturated carbocycles. The van der Waals surface area contributed by atoms with E-state index in [9.17, 15) is 4.39 Å². The van der Waals surface area contributed by atoms with Crippen LogP contribution < -0.4 is 10.6 Å². The van der Waals surface area contributed by atoms with Crippen molar-refractivity contribution in [3.05, 3.63) is 53.6 Å². The van der Waals surface area contributed by atoms with Gasteiger partial charge in [0.2, 0.25) is 0 Å². The predicted molar refractivity (Wildman–Crippen MR) is 95.5 cm³/mol. The fourth-order valence-corrected chi connectivity index (χ4v) is 2.34. The molecule has 24 heavy (non-hydrogen) atoms. The Morgan fingerprint density at radius 3 is 2.92 bits per heavy atom. The van der Waals surface area contributed by atoms with Gasteiger partial charge in [-0.1, -0.05) is 12.1 Å². The summed E-state index contributed by atoms with van der Waals surface area (Å²) in [5, 5.41) is 10.7. The molecule has 2 N–H and O–H groups in total. The molecule has 5 nitrogen and oxygen atoms in total. The molecule has 0 radical (unpaired) electrons. The van der Waals surface area contributed by atoms with Crippen LogP contribution in [0.2, 0.25) is 0 Å². The number of aryl methyl sites for hydroxylation is 2. The molecule has 130 valence electrons. The van der Waals surface area contributed by atoms with E-state index >= 15 is 0 Å². The van der Waals surface area contributed by atoms with Gasteiger partial charge in [0.15, 0.2) is 5.96 Å². The quantitative estimate of drug-likeness (QED) is 0.466. The number of guanidine groups is 1. The molecule has 0 aliphatic rings. The Labute approximate surface area is 143 Å². The Balaban J connectivity index is 1.90.